The number of rotatable bonds is 4. The van der Waals surface area contributed by atoms with E-state index < -0.39 is 10.5 Å². The molecule has 150 valence electrons. The number of fused-ring (bicyclic) bond motifs is 2. The number of furan rings is 1. The van der Waals surface area contributed by atoms with E-state index in [1.54, 1.807) is 16.7 Å². The van der Waals surface area contributed by atoms with Crippen LogP contribution in [0, 0.1) is 15.9 Å². The fraction of sp³-hybridized carbons (Fsp3) is 0.350. The van der Waals surface area contributed by atoms with Crippen molar-refractivity contribution in [3.05, 3.63) is 63.8 Å². The van der Waals surface area contributed by atoms with Gasteiger partial charge in [-0.15, -0.1) is 0 Å². The summed E-state index contributed by atoms with van der Waals surface area (Å²) >= 11 is 0. The predicted molar refractivity (Wildman–Crippen MR) is 101 cm³/mol. The molecule has 0 unspecified atom stereocenters. The first-order valence-electron chi connectivity index (χ1n) is 9.39. The number of imidazole rings is 1. The summed E-state index contributed by atoms with van der Waals surface area (Å²) in [6, 6.07) is 8.58. The molecule has 9 heteroatoms. The first-order chi connectivity index (χ1) is 13.9. The highest BCUT2D eigenvalue weighted by molar-refractivity contribution is 5.59. The highest BCUT2D eigenvalue weighted by Crippen LogP contribution is 2.34. The molecule has 0 radical (unpaired) electrons. The smallest absolute Gasteiger partial charge is 0.415 e. The maximum absolute atomic E-state index is 13.2. The standard InChI is InChI=1S/C20H19FN4O4/c1-20(12-24-10-18(25(26)27)22-19(24)29-20)11-23-7-6-16-14(9-23)8-17(28-16)13-2-4-15(21)5-3-13/h2-5,8,10H,6-7,9,11-12H2,1H3/t20-/m0/s1. The molecule has 29 heavy (non-hydrogen) atoms. The van der Waals surface area contributed by atoms with Crippen molar-refractivity contribution in [3.63, 3.8) is 0 Å². The molecule has 0 fully saturated rings. The van der Waals surface area contributed by atoms with Crippen molar-refractivity contribution in [1.82, 2.24) is 14.5 Å². The van der Waals surface area contributed by atoms with Crippen LogP contribution >= 0.6 is 0 Å². The number of benzene rings is 1. The van der Waals surface area contributed by atoms with E-state index in [1.165, 1.54) is 18.3 Å². The van der Waals surface area contributed by atoms with Crippen LogP contribution in [0.5, 0.6) is 6.01 Å². The van der Waals surface area contributed by atoms with E-state index in [-0.39, 0.29) is 11.6 Å². The van der Waals surface area contributed by atoms with Crippen LogP contribution in [0.1, 0.15) is 18.2 Å². The van der Waals surface area contributed by atoms with Crippen LogP contribution in [0.4, 0.5) is 10.2 Å². The van der Waals surface area contributed by atoms with Crippen molar-refractivity contribution in [1.29, 1.82) is 0 Å². The van der Waals surface area contributed by atoms with Crippen LogP contribution in [0.25, 0.3) is 11.3 Å². The Morgan fingerprint density at radius 3 is 2.86 bits per heavy atom. The maximum atomic E-state index is 13.2. The summed E-state index contributed by atoms with van der Waals surface area (Å²) in [6.45, 7) is 4.72. The minimum atomic E-state index is -0.518. The topological polar surface area (TPSA) is 86.6 Å². The van der Waals surface area contributed by atoms with Gasteiger partial charge in [-0.25, -0.2) is 4.39 Å². The lowest BCUT2D eigenvalue weighted by atomic mass is 10.0. The first-order valence-corrected chi connectivity index (χ1v) is 9.39. The number of nitrogens with zero attached hydrogens (tertiary/aromatic N) is 4. The third kappa shape index (κ3) is 3.27. The van der Waals surface area contributed by atoms with E-state index in [0.29, 0.717) is 19.1 Å². The molecular formula is C20H19FN4O4. The number of ether oxygens (including phenoxy) is 1. The molecule has 2 aliphatic rings. The van der Waals surface area contributed by atoms with E-state index in [1.807, 2.05) is 13.0 Å². The quantitative estimate of drug-likeness (QED) is 0.495. The van der Waals surface area contributed by atoms with Gasteiger partial charge in [-0.3, -0.25) is 9.47 Å². The molecule has 1 aromatic carbocycles. The van der Waals surface area contributed by atoms with Crippen LogP contribution in [-0.4, -0.2) is 38.1 Å². The van der Waals surface area contributed by atoms with Gasteiger partial charge >= 0.3 is 11.8 Å². The predicted octanol–water partition coefficient (Wildman–Crippen LogP) is 3.40. The Morgan fingerprint density at radius 1 is 1.34 bits per heavy atom. The largest absolute Gasteiger partial charge is 0.461 e. The Hall–Kier alpha value is -3.20. The number of halogens is 1. The third-order valence-corrected chi connectivity index (χ3v) is 5.39. The molecular weight excluding hydrogens is 379 g/mol. The van der Waals surface area contributed by atoms with Crippen LogP contribution in [0.3, 0.4) is 0 Å². The third-order valence-electron chi connectivity index (χ3n) is 5.39. The molecule has 8 nitrogen and oxygen atoms in total. The fourth-order valence-corrected chi connectivity index (χ4v) is 4.12. The second-order valence-electron chi connectivity index (χ2n) is 7.85. The first kappa shape index (κ1) is 17.9. The van der Waals surface area contributed by atoms with Crippen molar-refractivity contribution in [3.8, 4) is 17.3 Å². The number of nitro groups is 1. The van der Waals surface area contributed by atoms with Gasteiger partial charge < -0.3 is 19.3 Å². The Bertz CT molecular complexity index is 1070. The van der Waals surface area contributed by atoms with Gasteiger partial charge in [0.1, 0.15) is 29.1 Å². The van der Waals surface area contributed by atoms with Crippen molar-refractivity contribution >= 4 is 5.82 Å². The molecule has 0 saturated heterocycles. The molecule has 0 saturated carbocycles. The van der Waals surface area contributed by atoms with Gasteiger partial charge in [-0.1, -0.05) is 0 Å². The highest BCUT2D eigenvalue weighted by atomic mass is 19.1. The maximum Gasteiger partial charge on any atom is 0.415 e. The lowest BCUT2D eigenvalue weighted by molar-refractivity contribution is -0.389. The lowest BCUT2D eigenvalue weighted by Gasteiger charge is -2.32. The van der Waals surface area contributed by atoms with Gasteiger partial charge in [-0.05, 0) is 42.2 Å². The summed E-state index contributed by atoms with van der Waals surface area (Å²) < 4.78 is 26.8. The highest BCUT2D eigenvalue weighted by Gasteiger charge is 2.42. The van der Waals surface area contributed by atoms with Crippen LogP contribution in [-0.2, 0) is 19.5 Å². The normalized spacial score (nSPS) is 20.9. The number of hydrogen-bond acceptors (Lipinski definition) is 6. The minimum absolute atomic E-state index is 0.198. The monoisotopic (exact) mass is 398 g/mol. The number of hydrogen-bond donors (Lipinski definition) is 0. The molecule has 0 N–H and O–H groups in total. The molecule has 0 bridgehead atoms. The van der Waals surface area contributed by atoms with E-state index in [2.05, 4.69) is 9.88 Å². The van der Waals surface area contributed by atoms with E-state index >= 15 is 0 Å². The van der Waals surface area contributed by atoms with Crippen molar-refractivity contribution in [2.24, 2.45) is 0 Å². The van der Waals surface area contributed by atoms with E-state index in [4.69, 9.17) is 9.15 Å². The summed E-state index contributed by atoms with van der Waals surface area (Å²) in [7, 11) is 0. The molecule has 4 heterocycles. The summed E-state index contributed by atoms with van der Waals surface area (Å²) in [6.07, 6.45) is 2.20. The van der Waals surface area contributed by atoms with Crippen molar-refractivity contribution < 1.29 is 18.5 Å². The molecule has 2 aliphatic heterocycles. The van der Waals surface area contributed by atoms with Crippen LogP contribution < -0.4 is 4.74 Å². The number of aromatic nitrogens is 2. The molecule has 0 aliphatic carbocycles. The van der Waals surface area contributed by atoms with E-state index in [0.717, 1.165) is 42.2 Å². The molecule has 3 aromatic rings. The summed E-state index contributed by atoms with van der Waals surface area (Å²) in [5, 5.41) is 10.9. The van der Waals surface area contributed by atoms with Gasteiger partial charge in [0.15, 0.2) is 0 Å². The summed E-state index contributed by atoms with van der Waals surface area (Å²) in [4.78, 5) is 16.6. The Labute approximate surface area is 165 Å². The van der Waals surface area contributed by atoms with Crippen molar-refractivity contribution in [2.45, 2.75) is 32.0 Å². The van der Waals surface area contributed by atoms with Crippen molar-refractivity contribution in [2.75, 3.05) is 13.1 Å². The Balaban J connectivity index is 1.28. The average molecular weight is 398 g/mol. The zero-order valence-corrected chi connectivity index (χ0v) is 15.8. The zero-order valence-electron chi connectivity index (χ0n) is 15.8. The molecule has 1 atom stereocenters. The average Bonchev–Trinajstić information content (AvgIpc) is 3.33. The SMILES string of the molecule is C[C@]1(CN2CCc3oc(-c4ccc(F)cc4)cc3C2)Cn2cc([N+](=O)[O-])nc2O1. The van der Waals surface area contributed by atoms with E-state index in [9.17, 15) is 14.5 Å². The lowest BCUT2D eigenvalue weighted by Crippen LogP contribution is -2.46. The minimum Gasteiger partial charge on any atom is -0.461 e. The summed E-state index contributed by atoms with van der Waals surface area (Å²) in [5.74, 6) is 1.23. The fourth-order valence-electron chi connectivity index (χ4n) is 4.12. The van der Waals surface area contributed by atoms with Gasteiger partial charge in [-0.2, -0.15) is 0 Å². The summed E-state index contributed by atoms with van der Waals surface area (Å²) in [5.41, 5.74) is 1.47. The van der Waals surface area contributed by atoms with Crippen LogP contribution in [0.15, 0.2) is 40.9 Å². The van der Waals surface area contributed by atoms with Gasteiger partial charge in [0, 0.05) is 42.2 Å². The van der Waals surface area contributed by atoms with Gasteiger partial charge in [0.25, 0.3) is 0 Å². The Kier molecular flexibility index (Phi) is 3.95. The zero-order chi connectivity index (χ0) is 20.2. The second kappa shape index (κ2) is 6.41. The Morgan fingerprint density at radius 2 is 2.14 bits per heavy atom. The molecule has 0 spiro atoms. The van der Waals surface area contributed by atoms with Crippen LogP contribution in [0.2, 0.25) is 0 Å². The molecule has 0 amide bonds. The second-order valence-corrected chi connectivity index (χ2v) is 7.85. The van der Waals surface area contributed by atoms with Gasteiger partial charge in [0.05, 0.1) is 6.54 Å². The molecule has 2 aromatic heterocycles. The van der Waals surface area contributed by atoms with Gasteiger partial charge in [0.2, 0.25) is 0 Å². The molecule has 5 rings (SSSR count).